The summed E-state index contributed by atoms with van der Waals surface area (Å²) < 4.78 is 4.99. The number of hydrogen-bond acceptors (Lipinski definition) is 2. The van der Waals surface area contributed by atoms with Crippen molar-refractivity contribution in [1.82, 2.24) is 5.32 Å². The highest BCUT2D eigenvalue weighted by atomic mass is 16.5. The number of aryl methyl sites for hydroxylation is 1. The van der Waals surface area contributed by atoms with Crippen molar-refractivity contribution in [2.75, 3.05) is 26.8 Å². The quantitative estimate of drug-likeness (QED) is 0.685. The molecule has 0 aliphatic carbocycles. The van der Waals surface area contributed by atoms with Crippen molar-refractivity contribution >= 4 is 5.57 Å². The first kappa shape index (κ1) is 15.9. The third-order valence-electron chi connectivity index (χ3n) is 3.20. The largest absolute Gasteiger partial charge is 0.383 e. The van der Waals surface area contributed by atoms with Crippen LogP contribution in [-0.4, -0.2) is 26.8 Å². The Morgan fingerprint density at radius 3 is 2.58 bits per heavy atom. The van der Waals surface area contributed by atoms with Crippen LogP contribution in [0, 0.1) is 0 Å². The molecule has 0 amide bonds. The summed E-state index contributed by atoms with van der Waals surface area (Å²) in [6.07, 6.45) is 5.74. The Balaban J connectivity index is 2.36. The average Bonchev–Trinajstić information content (AvgIpc) is 2.43. The van der Waals surface area contributed by atoms with Crippen LogP contribution in [-0.2, 0) is 11.2 Å². The Morgan fingerprint density at radius 1 is 1.21 bits per heavy atom. The Labute approximate surface area is 117 Å². The van der Waals surface area contributed by atoms with Gasteiger partial charge in [-0.15, -0.1) is 0 Å². The van der Waals surface area contributed by atoms with Gasteiger partial charge < -0.3 is 10.1 Å². The van der Waals surface area contributed by atoms with E-state index in [2.05, 4.69) is 49.5 Å². The molecule has 0 aromatic heterocycles. The van der Waals surface area contributed by atoms with Crippen LogP contribution < -0.4 is 5.32 Å². The van der Waals surface area contributed by atoms with Gasteiger partial charge in [-0.25, -0.2) is 0 Å². The lowest BCUT2D eigenvalue weighted by Gasteiger charge is -2.05. The first-order valence-electron chi connectivity index (χ1n) is 7.23. The number of benzene rings is 1. The van der Waals surface area contributed by atoms with E-state index in [1.54, 1.807) is 7.11 Å². The average molecular weight is 261 g/mol. The number of rotatable bonds is 9. The predicted molar refractivity (Wildman–Crippen MR) is 83.5 cm³/mol. The molecule has 19 heavy (non-hydrogen) atoms. The Kier molecular flexibility index (Phi) is 8.19. The molecule has 0 atom stereocenters. The third kappa shape index (κ3) is 6.55. The summed E-state index contributed by atoms with van der Waals surface area (Å²) in [5.41, 5.74) is 4.12. The van der Waals surface area contributed by atoms with Gasteiger partial charge in [0, 0.05) is 13.7 Å². The lowest BCUT2D eigenvalue weighted by Crippen LogP contribution is -2.19. The van der Waals surface area contributed by atoms with Gasteiger partial charge in [-0.2, -0.15) is 0 Å². The first-order chi connectivity index (χ1) is 9.27. The van der Waals surface area contributed by atoms with E-state index in [4.69, 9.17) is 4.74 Å². The molecule has 0 heterocycles. The number of nitrogens with one attached hydrogen (secondary N) is 1. The highest BCUT2D eigenvalue weighted by Gasteiger charge is 1.96. The van der Waals surface area contributed by atoms with Crippen LogP contribution >= 0.6 is 0 Å². The van der Waals surface area contributed by atoms with Crippen molar-refractivity contribution in [2.45, 2.75) is 33.1 Å². The normalized spacial score (nSPS) is 11.8. The Bertz CT molecular complexity index is 367. The topological polar surface area (TPSA) is 21.3 Å². The molecule has 0 unspecified atom stereocenters. The number of methoxy groups -OCH3 is 1. The van der Waals surface area contributed by atoms with Crippen molar-refractivity contribution in [1.29, 1.82) is 0 Å². The molecule has 1 rings (SSSR count). The third-order valence-corrected chi connectivity index (χ3v) is 3.20. The fourth-order valence-corrected chi connectivity index (χ4v) is 2.03. The molecule has 0 spiro atoms. The number of hydrogen-bond donors (Lipinski definition) is 1. The molecule has 1 aromatic carbocycles. The summed E-state index contributed by atoms with van der Waals surface area (Å²) in [4.78, 5) is 0. The second-order valence-electron chi connectivity index (χ2n) is 4.87. The van der Waals surface area contributed by atoms with E-state index in [0.717, 1.165) is 26.1 Å². The monoisotopic (exact) mass is 261 g/mol. The zero-order valence-electron chi connectivity index (χ0n) is 12.5. The van der Waals surface area contributed by atoms with Crippen molar-refractivity contribution in [2.24, 2.45) is 0 Å². The minimum atomic E-state index is 0.779. The lowest BCUT2D eigenvalue weighted by atomic mass is 10.0. The van der Waals surface area contributed by atoms with E-state index in [-0.39, 0.29) is 0 Å². The molecule has 0 bridgehead atoms. The van der Waals surface area contributed by atoms with E-state index in [0.29, 0.717) is 0 Å². The first-order valence-corrected chi connectivity index (χ1v) is 7.23. The summed E-state index contributed by atoms with van der Waals surface area (Å²) in [7, 11) is 1.73. The van der Waals surface area contributed by atoms with Crippen molar-refractivity contribution in [3.8, 4) is 0 Å². The summed E-state index contributed by atoms with van der Waals surface area (Å²) in [5, 5.41) is 3.35. The molecule has 2 heteroatoms. The van der Waals surface area contributed by atoms with Crippen LogP contribution in [0.4, 0.5) is 0 Å². The van der Waals surface area contributed by atoms with Crippen molar-refractivity contribution < 1.29 is 4.74 Å². The van der Waals surface area contributed by atoms with Crippen molar-refractivity contribution in [3.05, 3.63) is 41.5 Å². The van der Waals surface area contributed by atoms with Crippen molar-refractivity contribution in [3.63, 3.8) is 0 Å². The molecule has 0 aliphatic rings. The second-order valence-corrected chi connectivity index (χ2v) is 4.87. The Morgan fingerprint density at radius 2 is 1.95 bits per heavy atom. The van der Waals surface area contributed by atoms with Crippen LogP contribution in [0.5, 0.6) is 0 Å². The summed E-state index contributed by atoms with van der Waals surface area (Å²) in [5.74, 6) is 0. The van der Waals surface area contributed by atoms with Gasteiger partial charge in [-0.05, 0) is 43.0 Å². The lowest BCUT2D eigenvalue weighted by molar-refractivity contribution is 0.199. The van der Waals surface area contributed by atoms with Crippen LogP contribution in [0.25, 0.3) is 5.57 Å². The molecule has 106 valence electrons. The van der Waals surface area contributed by atoms with Gasteiger partial charge in [0.25, 0.3) is 0 Å². The van der Waals surface area contributed by atoms with Gasteiger partial charge in [-0.1, -0.05) is 43.7 Å². The van der Waals surface area contributed by atoms with E-state index in [1.165, 1.54) is 29.5 Å². The van der Waals surface area contributed by atoms with Gasteiger partial charge in [-0.3, -0.25) is 0 Å². The maximum atomic E-state index is 4.99. The van der Waals surface area contributed by atoms with E-state index >= 15 is 0 Å². The van der Waals surface area contributed by atoms with Crippen LogP contribution in [0.15, 0.2) is 30.3 Å². The smallest absolute Gasteiger partial charge is 0.0587 e. The minimum Gasteiger partial charge on any atom is -0.383 e. The van der Waals surface area contributed by atoms with Crippen LogP contribution in [0.3, 0.4) is 0 Å². The Hall–Kier alpha value is -1.12. The summed E-state index contributed by atoms with van der Waals surface area (Å²) in [6, 6.07) is 8.95. The van der Waals surface area contributed by atoms with Crippen LogP contribution in [0.1, 0.15) is 37.8 Å². The zero-order chi connectivity index (χ0) is 13.9. The fourth-order valence-electron chi connectivity index (χ4n) is 2.03. The maximum Gasteiger partial charge on any atom is 0.0587 e. The van der Waals surface area contributed by atoms with E-state index < -0.39 is 0 Å². The van der Waals surface area contributed by atoms with Gasteiger partial charge >= 0.3 is 0 Å². The van der Waals surface area contributed by atoms with Gasteiger partial charge in [0.1, 0.15) is 0 Å². The fraction of sp³-hybridized carbons (Fsp3) is 0.529. The molecule has 2 nitrogen and oxygen atoms in total. The predicted octanol–water partition coefficient (Wildman–Crippen LogP) is 3.67. The number of ether oxygens (including phenoxy) is 1. The molecule has 0 aliphatic heterocycles. The molecule has 1 aromatic rings. The van der Waals surface area contributed by atoms with E-state index in [1.807, 2.05) is 0 Å². The van der Waals surface area contributed by atoms with Crippen LogP contribution in [0.2, 0.25) is 0 Å². The molecular weight excluding hydrogens is 234 g/mol. The summed E-state index contributed by atoms with van der Waals surface area (Å²) >= 11 is 0. The minimum absolute atomic E-state index is 0.779. The van der Waals surface area contributed by atoms with E-state index in [9.17, 15) is 0 Å². The van der Waals surface area contributed by atoms with Gasteiger partial charge in [0.2, 0.25) is 0 Å². The highest BCUT2D eigenvalue weighted by Crippen LogP contribution is 2.15. The highest BCUT2D eigenvalue weighted by molar-refractivity contribution is 5.63. The SMILES string of the molecule is CCCc1ccc(C(C)=CCCNCCOC)cc1. The molecule has 0 saturated heterocycles. The maximum absolute atomic E-state index is 4.99. The molecular formula is C17H27NO. The molecule has 1 N–H and O–H groups in total. The molecule has 0 saturated carbocycles. The summed E-state index contributed by atoms with van der Waals surface area (Å²) in [6.45, 7) is 7.12. The molecule has 0 radical (unpaired) electrons. The standard InChI is InChI=1S/C17H27NO/c1-4-6-16-8-10-17(11-9-16)15(2)7-5-12-18-13-14-19-3/h7-11,18H,4-6,12-14H2,1-3H3. The second kappa shape index (κ2) is 9.76. The number of allylic oxidation sites excluding steroid dienone is 1. The van der Waals surface area contributed by atoms with Gasteiger partial charge in [0.05, 0.1) is 6.61 Å². The molecule has 0 fully saturated rings. The van der Waals surface area contributed by atoms with Gasteiger partial charge in [0.15, 0.2) is 0 Å². The zero-order valence-corrected chi connectivity index (χ0v) is 12.5.